The highest BCUT2D eigenvalue weighted by atomic mass is 32.2. The van der Waals surface area contributed by atoms with E-state index in [4.69, 9.17) is 0 Å². The first-order chi connectivity index (χ1) is 44.4. The maximum absolute atomic E-state index is 12.9. The molecule has 21 heteroatoms. The molecule has 0 aliphatic rings. The van der Waals surface area contributed by atoms with Crippen LogP contribution in [0.3, 0.4) is 0 Å². The first-order valence-corrected chi connectivity index (χ1v) is 33.1. The topological polar surface area (TPSA) is 277 Å². The van der Waals surface area contributed by atoms with Gasteiger partial charge >= 0.3 is 0 Å². The summed E-state index contributed by atoms with van der Waals surface area (Å²) in [5.74, 6) is -1.23. The predicted octanol–water partition coefficient (Wildman–Crippen LogP) is 13.7. The third-order valence-electron chi connectivity index (χ3n) is 14.5. The lowest BCUT2D eigenvalue weighted by Gasteiger charge is -2.09. The molecule has 472 valence electrons. The summed E-state index contributed by atoms with van der Waals surface area (Å²) in [7, 11) is -5.68. The zero-order valence-electron chi connectivity index (χ0n) is 51.2. The van der Waals surface area contributed by atoms with Crippen LogP contribution in [0.4, 0.5) is 34.1 Å². The van der Waals surface area contributed by atoms with Crippen LogP contribution in [-0.2, 0) is 29.5 Å². The largest absolute Gasteiger partial charge is 0.388 e. The number of anilines is 6. The zero-order valence-corrected chi connectivity index (χ0v) is 53.7. The average Bonchev–Trinajstić information content (AvgIpc) is 0.898. The van der Waals surface area contributed by atoms with Crippen molar-refractivity contribution in [2.24, 2.45) is 0 Å². The fourth-order valence-corrected chi connectivity index (χ4v) is 12.8. The molecule has 0 aliphatic heterocycles. The number of carbonyl (C=O) groups is 6. The van der Waals surface area contributed by atoms with Gasteiger partial charge in [-0.3, -0.25) is 28.8 Å². The van der Waals surface area contributed by atoms with E-state index in [-0.39, 0.29) is 64.4 Å². The number of ketones is 3. The summed E-state index contributed by atoms with van der Waals surface area (Å²) >= 11 is 0. The van der Waals surface area contributed by atoms with Crippen LogP contribution < -0.4 is 31.9 Å². The fraction of sp³-hybridized carbons (Fsp3) is 0.0833. The van der Waals surface area contributed by atoms with E-state index in [0.717, 1.165) is 28.2 Å². The van der Waals surface area contributed by atoms with E-state index in [1.54, 1.807) is 173 Å². The summed E-state index contributed by atoms with van der Waals surface area (Å²) in [6.45, 7) is 4.42. The second-order valence-corrected chi connectivity index (χ2v) is 26.6. The maximum atomic E-state index is 12.9. The van der Waals surface area contributed by atoms with Crippen molar-refractivity contribution in [3.05, 3.63) is 276 Å². The van der Waals surface area contributed by atoms with Gasteiger partial charge in [-0.15, -0.1) is 0 Å². The highest BCUT2D eigenvalue weighted by Crippen LogP contribution is 2.28. The quantitative estimate of drug-likeness (QED) is 0.0411. The molecule has 0 bridgehead atoms. The molecule has 0 fully saturated rings. The van der Waals surface area contributed by atoms with E-state index < -0.39 is 29.5 Å². The lowest BCUT2D eigenvalue weighted by Crippen LogP contribution is -2.12. The fourth-order valence-electron chi connectivity index (χ4n) is 9.02. The number of carbonyl (C=O) groups excluding carboxylic acids is 6. The Morgan fingerprint density at radius 1 is 0.247 bits per heavy atom. The SMILES string of the molecule is CNc1ccc(S(=O)(=O)c2ccc(NC(=O)c3ccc(-c4ccc(C(C)=O)cc4)cc3)cc2)cc1.CNc1ccc(S(=O)(=O)c2ccc(NC(=O)c3ccc(C(C)=O)cc3)cc2)cc1.CNc1ccc(S(=O)(=O)c2ccc(NC(=O)c3cccc(C(C)=O)c3)cc2)cc1. The molecule has 0 saturated heterocycles. The Morgan fingerprint density at radius 3 is 0.720 bits per heavy atom. The number of rotatable bonds is 19. The minimum absolute atomic E-state index is 0.0115. The van der Waals surface area contributed by atoms with Crippen molar-refractivity contribution < 1.29 is 54.0 Å². The average molecular weight is 1300 g/mol. The third-order valence-corrected chi connectivity index (χ3v) is 19.8. The van der Waals surface area contributed by atoms with E-state index >= 15 is 0 Å². The Balaban J connectivity index is 0.000000180. The third kappa shape index (κ3) is 17.2. The minimum atomic E-state index is -3.66. The Labute approximate surface area is 539 Å². The summed E-state index contributed by atoms with van der Waals surface area (Å²) in [4.78, 5) is 72.6. The van der Waals surface area contributed by atoms with Crippen LogP contribution in [0.2, 0.25) is 0 Å². The molecule has 3 amide bonds. The van der Waals surface area contributed by atoms with Crippen molar-refractivity contribution in [1.82, 2.24) is 0 Å². The second kappa shape index (κ2) is 30.1. The van der Waals surface area contributed by atoms with Crippen molar-refractivity contribution in [1.29, 1.82) is 0 Å². The van der Waals surface area contributed by atoms with Gasteiger partial charge in [0.1, 0.15) is 0 Å². The smallest absolute Gasteiger partial charge is 0.255 e. The Bertz CT molecular complexity index is 4710. The summed E-state index contributed by atoms with van der Waals surface area (Å²) in [5, 5.41) is 17.0. The lowest BCUT2D eigenvalue weighted by molar-refractivity contribution is 0.100. The van der Waals surface area contributed by atoms with Gasteiger partial charge in [-0.2, -0.15) is 0 Å². The molecule has 10 rings (SSSR count). The van der Waals surface area contributed by atoms with Crippen LogP contribution in [0, 0.1) is 0 Å². The second-order valence-electron chi connectivity index (χ2n) is 20.8. The van der Waals surface area contributed by atoms with Gasteiger partial charge in [-0.25, -0.2) is 25.3 Å². The number of hydrogen-bond donors (Lipinski definition) is 6. The van der Waals surface area contributed by atoms with Crippen molar-refractivity contribution in [3.63, 3.8) is 0 Å². The van der Waals surface area contributed by atoms with Gasteiger partial charge in [0.05, 0.1) is 29.4 Å². The van der Waals surface area contributed by atoms with Crippen LogP contribution in [0.5, 0.6) is 0 Å². The highest BCUT2D eigenvalue weighted by molar-refractivity contribution is 7.92. The maximum Gasteiger partial charge on any atom is 0.255 e. The number of amides is 3. The molecule has 18 nitrogen and oxygen atoms in total. The molecule has 0 atom stereocenters. The zero-order chi connectivity index (χ0) is 67.0. The number of Topliss-reactive ketones (excluding diaryl/α,β-unsaturated/α-hetero) is 3. The Morgan fingerprint density at radius 2 is 0.462 bits per heavy atom. The van der Waals surface area contributed by atoms with Crippen LogP contribution in [0.1, 0.15) is 82.9 Å². The van der Waals surface area contributed by atoms with Crippen LogP contribution in [0.25, 0.3) is 11.1 Å². The molecule has 0 unspecified atom stereocenters. The summed E-state index contributed by atoms with van der Waals surface area (Å²) in [6.07, 6.45) is 0. The van der Waals surface area contributed by atoms with Gasteiger partial charge in [0.15, 0.2) is 17.3 Å². The monoisotopic (exact) mass is 1300 g/mol. The molecule has 0 spiro atoms. The van der Waals surface area contributed by atoms with Crippen molar-refractivity contribution >= 4 is 98.7 Å². The lowest BCUT2D eigenvalue weighted by atomic mass is 10.0. The molecule has 0 heterocycles. The van der Waals surface area contributed by atoms with E-state index in [9.17, 15) is 54.0 Å². The van der Waals surface area contributed by atoms with Gasteiger partial charge in [-0.1, -0.05) is 60.7 Å². The van der Waals surface area contributed by atoms with Crippen molar-refractivity contribution in [2.75, 3.05) is 53.0 Å². The molecule has 10 aromatic carbocycles. The van der Waals surface area contributed by atoms with Crippen LogP contribution in [-0.4, -0.2) is 81.5 Å². The summed E-state index contributed by atoms with van der Waals surface area (Å²) in [6, 6.07) is 64.6. The summed E-state index contributed by atoms with van der Waals surface area (Å²) in [5.41, 5.74) is 8.57. The van der Waals surface area contributed by atoms with Gasteiger partial charge in [0, 0.05) is 88.6 Å². The number of nitrogens with one attached hydrogen (secondary N) is 6. The molecular formula is C72H64N6O12S3. The van der Waals surface area contributed by atoms with Crippen LogP contribution in [0.15, 0.2) is 272 Å². The molecule has 93 heavy (non-hydrogen) atoms. The van der Waals surface area contributed by atoms with E-state index in [2.05, 4.69) is 31.9 Å². The molecular weight excluding hydrogens is 1240 g/mol. The number of benzene rings is 10. The first kappa shape index (κ1) is 67.8. The first-order valence-electron chi connectivity index (χ1n) is 28.7. The van der Waals surface area contributed by atoms with E-state index in [1.807, 2.05) is 24.3 Å². The van der Waals surface area contributed by atoms with Gasteiger partial charge < -0.3 is 31.9 Å². The molecule has 10 aromatic rings. The molecule has 6 N–H and O–H groups in total. The van der Waals surface area contributed by atoms with E-state index in [0.29, 0.717) is 50.4 Å². The molecule has 0 aliphatic carbocycles. The van der Waals surface area contributed by atoms with Crippen molar-refractivity contribution in [3.8, 4) is 11.1 Å². The standard InChI is InChI=1S/C28H24N2O4S.2C22H20N2O4S/c1-19(31)20-3-5-21(6-4-20)22-7-9-23(10-8-22)28(32)30-25-13-17-27(18-14-25)35(33,34)26-15-11-24(29-2)12-16-26;1-15(25)16-3-5-17(6-4-16)22(26)24-19-9-13-21(14-10-19)29(27,28)20-11-7-18(23-2)8-12-20;1-15(25)16-4-3-5-17(14-16)22(26)24-19-8-12-21(13-9-19)29(27,28)20-10-6-18(23-2)7-11-20/h3-18,29H,1-2H3,(H,30,32);2*3-14,23H,1-2H3,(H,24,26). The molecule has 0 radical (unpaired) electrons. The van der Waals surface area contributed by atoms with Gasteiger partial charge in [0.25, 0.3) is 17.7 Å². The van der Waals surface area contributed by atoms with Crippen molar-refractivity contribution in [2.45, 2.75) is 50.1 Å². The predicted molar refractivity (Wildman–Crippen MR) is 362 cm³/mol. The Kier molecular flexibility index (Phi) is 22.0. The Hall–Kier alpha value is -11.1. The number of sulfone groups is 3. The minimum Gasteiger partial charge on any atom is -0.388 e. The van der Waals surface area contributed by atoms with Gasteiger partial charge in [-0.05, 0) is 214 Å². The number of hydrogen-bond acceptors (Lipinski definition) is 15. The summed E-state index contributed by atoms with van der Waals surface area (Å²) < 4.78 is 76.7. The van der Waals surface area contributed by atoms with Gasteiger partial charge in [0.2, 0.25) is 29.5 Å². The normalized spacial score (nSPS) is 11.0. The molecule has 0 aromatic heterocycles. The highest BCUT2D eigenvalue weighted by Gasteiger charge is 2.21. The molecule has 0 saturated carbocycles. The van der Waals surface area contributed by atoms with Crippen LogP contribution >= 0.6 is 0 Å². The van der Waals surface area contributed by atoms with E-state index in [1.165, 1.54) is 87.5 Å².